The molecule has 0 saturated carbocycles. The van der Waals surface area contributed by atoms with Gasteiger partial charge in [-0.05, 0) is 31.2 Å². The number of halogens is 4. The van der Waals surface area contributed by atoms with Crippen LogP contribution >= 0.6 is 0 Å². The molecule has 0 spiro atoms. The summed E-state index contributed by atoms with van der Waals surface area (Å²) >= 11 is 0. The first kappa shape index (κ1) is 20.6. The summed E-state index contributed by atoms with van der Waals surface area (Å²) < 4.78 is 59.6. The Bertz CT molecular complexity index is 1220. The van der Waals surface area contributed by atoms with Gasteiger partial charge in [-0.1, -0.05) is 0 Å². The highest BCUT2D eigenvalue weighted by atomic mass is 19.4. The summed E-state index contributed by atoms with van der Waals surface area (Å²) in [5, 5.41) is 11.5. The summed E-state index contributed by atoms with van der Waals surface area (Å²) in [6, 6.07) is 4.46. The van der Waals surface area contributed by atoms with Crippen molar-refractivity contribution < 1.29 is 22.3 Å². The standard InChI is InChI=1S/C20H18F4N6O/c1-12(15-7-14(21)3-4-17(15)31-11-20(22,23)24)27-18-5-6-30-19(28-18)16(9-26-30)13-8-25-29(2)10-13/h3-10,12H,11H2,1-2H3,(H,27,28)/t12-/m1/s1. The van der Waals surface area contributed by atoms with Gasteiger partial charge in [0.25, 0.3) is 0 Å². The molecule has 0 radical (unpaired) electrons. The first-order valence-corrected chi connectivity index (χ1v) is 9.28. The maximum Gasteiger partial charge on any atom is 0.422 e. The molecule has 0 fully saturated rings. The predicted molar refractivity (Wildman–Crippen MR) is 105 cm³/mol. The smallest absolute Gasteiger partial charge is 0.422 e. The molecule has 7 nitrogen and oxygen atoms in total. The molecule has 1 N–H and O–H groups in total. The molecule has 0 amide bonds. The van der Waals surface area contributed by atoms with Crippen molar-refractivity contribution in [2.45, 2.75) is 19.1 Å². The van der Waals surface area contributed by atoms with Crippen LogP contribution in [0.15, 0.2) is 49.1 Å². The SMILES string of the molecule is C[C@@H](Nc1ccn2ncc(-c3cnn(C)c3)c2n1)c1cc(F)ccc1OCC(F)(F)F. The quantitative estimate of drug-likeness (QED) is 0.456. The van der Waals surface area contributed by atoms with Gasteiger partial charge in [0.05, 0.1) is 18.4 Å². The fourth-order valence-corrected chi connectivity index (χ4v) is 3.16. The summed E-state index contributed by atoms with van der Waals surface area (Å²) in [4.78, 5) is 4.56. The summed E-state index contributed by atoms with van der Waals surface area (Å²) in [6.07, 6.45) is 2.39. The van der Waals surface area contributed by atoms with Crippen LogP contribution in [0.4, 0.5) is 23.4 Å². The molecular weight excluding hydrogens is 416 g/mol. The molecule has 11 heteroatoms. The zero-order chi connectivity index (χ0) is 22.2. The Morgan fingerprint density at radius 3 is 2.68 bits per heavy atom. The van der Waals surface area contributed by atoms with Crippen LogP contribution in [0.2, 0.25) is 0 Å². The third-order valence-electron chi connectivity index (χ3n) is 4.58. The van der Waals surface area contributed by atoms with Gasteiger partial charge in [0.15, 0.2) is 12.3 Å². The molecule has 0 aliphatic heterocycles. The number of benzene rings is 1. The monoisotopic (exact) mass is 434 g/mol. The van der Waals surface area contributed by atoms with E-state index in [4.69, 9.17) is 4.74 Å². The third kappa shape index (κ3) is 4.60. The van der Waals surface area contributed by atoms with E-state index < -0.39 is 24.6 Å². The van der Waals surface area contributed by atoms with Crippen LogP contribution in [-0.4, -0.2) is 37.2 Å². The highest BCUT2D eigenvalue weighted by molar-refractivity contribution is 5.76. The molecule has 4 aromatic rings. The summed E-state index contributed by atoms with van der Waals surface area (Å²) in [7, 11) is 1.80. The number of aryl methyl sites for hydroxylation is 1. The predicted octanol–water partition coefficient (Wildman–Crippen LogP) is 4.38. The van der Waals surface area contributed by atoms with Gasteiger partial charge in [0.2, 0.25) is 0 Å². The largest absolute Gasteiger partial charge is 0.484 e. The summed E-state index contributed by atoms with van der Waals surface area (Å²) in [6.45, 7) is 0.215. The molecule has 3 heterocycles. The van der Waals surface area contributed by atoms with E-state index in [9.17, 15) is 17.6 Å². The number of ether oxygens (including phenoxy) is 1. The number of fused-ring (bicyclic) bond motifs is 1. The summed E-state index contributed by atoms with van der Waals surface area (Å²) in [5.41, 5.74) is 2.41. The number of nitrogens with zero attached hydrogens (tertiary/aromatic N) is 5. The van der Waals surface area contributed by atoms with Gasteiger partial charge >= 0.3 is 6.18 Å². The molecule has 31 heavy (non-hydrogen) atoms. The van der Waals surface area contributed by atoms with Gasteiger partial charge in [0, 0.05) is 36.1 Å². The van der Waals surface area contributed by atoms with E-state index in [1.165, 1.54) is 6.07 Å². The van der Waals surface area contributed by atoms with Gasteiger partial charge in [-0.25, -0.2) is 13.9 Å². The Hall–Kier alpha value is -3.63. The molecule has 0 aliphatic carbocycles. The minimum Gasteiger partial charge on any atom is -0.484 e. The average molecular weight is 434 g/mol. The van der Waals surface area contributed by atoms with E-state index in [0.29, 0.717) is 11.5 Å². The van der Waals surface area contributed by atoms with Gasteiger partial charge in [-0.3, -0.25) is 4.68 Å². The van der Waals surface area contributed by atoms with Crippen molar-refractivity contribution in [2.75, 3.05) is 11.9 Å². The van der Waals surface area contributed by atoms with E-state index in [2.05, 4.69) is 20.5 Å². The number of hydrogen-bond acceptors (Lipinski definition) is 5. The first-order chi connectivity index (χ1) is 14.7. The highest BCUT2D eigenvalue weighted by Gasteiger charge is 2.29. The van der Waals surface area contributed by atoms with Crippen LogP contribution in [0.5, 0.6) is 5.75 Å². The normalized spacial score (nSPS) is 12.8. The van der Waals surface area contributed by atoms with E-state index in [1.54, 1.807) is 47.8 Å². The number of hydrogen-bond donors (Lipinski definition) is 1. The molecule has 0 saturated heterocycles. The number of rotatable bonds is 6. The Labute approximate surface area is 174 Å². The molecular formula is C20H18F4N6O. The fourth-order valence-electron chi connectivity index (χ4n) is 3.16. The van der Waals surface area contributed by atoms with Crippen LogP contribution in [0.3, 0.4) is 0 Å². The van der Waals surface area contributed by atoms with Gasteiger partial charge in [-0.15, -0.1) is 0 Å². The van der Waals surface area contributed by atoms with Gasteiger partial charge < -0.3 is 10.1 Å². The van der Waals surface area contributed by atoms with E-state index in [-0.39, 0.29) is 11.3 Å². The zero-order valence-corrected chi connectivity index (χ0v) is 16.6. The van der Waals surface area contributed by atoms with Crippen LogP contribution in [0.25, 0.3) is 16.8 Å². The van der Waals surface area contributed by atoms with Crippen LogP contribution in [-0.2, 0) is 7.05 Å². The molecule has 1 aromatic carbocycles. The van der Waals surface area contributed by atoms with Crippen LogP contribution < -0.4 is 10.1 Å². The number of alkyl halides is 3. The molecule has 1 atom stereocenters. The zero-order valence-electron chi connectivity index (χ0n) is 16.6. The lowest BCUT2D eigenvalue weighted by molar-refractivity contribution is -0.153. The van der Waals surface area contributed by atoms with E-state index in [0.717, 1.165) is 23.3 Å². The fraction of sp³-hybridized carbons (Fsp3) is 0.250. The molecule has 0 unspecified atom stereocenters. The first-order valence-electron chi connectivity index (χ1n) is 9.28. The molecule has 162 valence electrons. The maximum absolute atomic E-state index is 13.8. The molecule has 0 aliphatic rings. The Morgan fingerprint density at radius 2 is 1.97 bits per heavy atom. The Kier molecular flexibility index (Phi) is 5.25. The Morgan fingerprint density at radius 1 is 1.16 bits per heavy atom. The van der Waals surface area contributed by atoms with Gasteiger partial charge in [-0.2, -0.15) is 23.4 Å². The lowest BCUT2D eigenvalue weighted by Crippen LogP contribution is -2.20. The maximum atomic E-state index is 13.8. The summed E-state index contributed by atoms with van der Waals surface area (Å²) in [5.74, 6) is -0.196. The van der Waals surface area contributed by atoms with Crippen molar-refractivity contribution in [1.82, 2.24) is 24.4 Å². The number of aromatic nitrogens is 5. The van der Waals surface area contributed by atoms with Crippen molar-refractivity contribution in [3.63, 3.8) is 0 Å². The van der Waals surface area contributed by atoms with E-state index in [1.807, 2.05) is 6.20 Å². The minimum absolute atomic E-state index is 0.0554. The molecule has 4 rings (SSSR count). The molecule has 3 aromatic heterocycles. The van der Waals surface area contributed by atoms with Crippen molar-refractivity contribution in [2.24, 2.45) is 7.05 Å². The highest BCUT2D eigenvalue weighted by Crippen LogP contribution is 2.30. The van der Waals surface area contributed by atoms with Crippen molar-refractivity contribution in [3.8, 4) is 16.9 Å². The van der Waals surface area contributed by atoms with Crippen LogP contribution in [0.1, 0.15) is 18.5 Å². The second kappa shape index (κ2) is 7.89. The van der Waals surface area contributed by atoms with Crippen molar-refractivity contribution in [3.05, 3.63) is 60.4 Å². The van der Waals surface area contributed by atoms with Gasteiger partial charge in [0.1, 0.15) is 17.4 Å². The third-order valence-corrected chi connectivity index (χ3v) is 4.58. The second-order valence-corrected chi connectivity index (χ2v) is 6.99. The second-order valence-electron chi connectivity index (χ2n) is 6.99. The van der Waals surface area contributed by atoms with E-state index >= 15 is 0 Å². The average Bonchev–Trinajstić information content (AvgIpc) is 3.31. The minimum atomic E-state index is -4.50. The number of anilines is 1. The number of nitrogens with one attached hydrogen (secondary N) is 1. The van der Waals surface area contributed by atoms with Crippen molar-refractivity contribution in [1.29, 1.82) is 0 Å². The lowest BCUT2D eigenvalue weighted by Gasteiger charge is -2.19. The van der Waals surface area contributed by atoms with Crippen LogP contribution in [0, 0.1) is 5.82 Å². The topological polar surface area (TPSA) is 69.3 Å². The van der Waals surface area contributed by atoms with Crippen molar-refractivity contribution >= 4 is 11.5 Å². The molecule has 0 bridgehead atoms. The Balaban J connectivity index is 1.61. The lowest BCUT2D eigenvalue weighted by atomic mass is 10.1.